The van der Waals surface area contributed by atoms with Crippen LogP contribution in [0.1, 0.15) is 17.7 Å². The third-order valence-electron chi connectivity index (χ3n) is 4.67. The molecule has 0 bridgehead atoms. The van der Waals surface area contributed by atoms with Crippen LogP contribution in [0.3, 0.4) is 0 Å². The number of imidazole rings is 1. The Morgan fingerprint density at radius 1 is 1.04 bits per heavy atom. The Hall–Kier alpha value is -3.47. The van der Waals surface area contributed by atoms with Crippen LogP contribution in [0.15, 0.2) is 72.9 Å². The number of nitrogens with zero attached hydrogens (tertiary/aromatic N) is 2. The number of anilines is 1. The van der Waals surface area contributed by atoms with Gasteiger partial charge in [-0.05, 0) is 49.7 Å². The molecular weight excluding hydrogens is 353 g/mol. The number of hydrogen-bond acceptors (Lipinski definition) is 2. The van der Waals surface area contributed by atoms with E-state index in [1.54, 1.807) is 12.1 Å². The normalized spacial score (nSPS) is 10.9. The largest absolute Gasteiger partial charge is 0.326 e. The summed E-state index contributed by atoms with van der Waals surface area (Å²) in [6.45, 7) is 2.05. The van der Waals surface area contributed by atoms with Crippen molar-refractivity contribution in [2.24, 2.45) is 0 Å². The van der Waals surface area contributed by atoms with E-state index in [-0.39, 0.29) is 11.7 Å². The molecule has 4 rings (SSSR count). The predicted molar refractivity (Wildman–Crippen MR) is 109 cm³/mol. The van der Waals surface area contributed by atoms with Crippen molar-refractivity contribution in [2.45, 2.75) is 19.8 Å². The van der Waals surface area contributed by atoms with Crippen molar-refractivity contribution in [3.8, 4) is 11.3 Å². The van der Waals surface area contributed by atoms with Crippen molar-refractivity contribution in [3.63, 3.8) is 0 Å². The minimum Gasteiger partial charge on any atom is -0.326 e. The predicted octanol–water partition coefficient (Wildman–Crippen LogP) is 5.02. The first-order valence-corrected chi connectivity index (χ1v) is 9.18. The molecule has 2 aromatic carbocycles. The van der Waals surface area contributed by atoms with E-state index in [1.165, 1.54) is 17.7 Å². The van der Waals surface area contributed by atoms with Crippen LogP contribution in [0, 0.1) is 12.7 Å². The quantitative estimate of drug-likeness (QED) is 0.534. The Kier molecular flexibility index (Phi) is 4.89. The topological polar surface area (TPSA) is 46.4 Å². The molecule has 0 radical (unpaired) electrons. The molecule has 0 aliphatic rings. The van der Waals surface area contributed by atoms with Crippen molar-refractivity contribution in [2.75, 3.05) is 5.32 Å². The van der Waals surface area contributed by atoms with E-state index in [0.29, 0.717) is 18.5 Å². The number of carbonyl (C=O) groups is 1. The molecule has 0 aliphatic carbocycles. The minimum absolute atomic E-state index is 0.118. The van der Waals surface area contributed by atoms with Crippen LogP contribution in [0.2, 0.25) is 0 Å². The second-order valence-corrected chi connectivity index (χ2v) is 6.76. The third-order valence-corrected chi connectivity index (χ3v) is 4.67. The lowest BCUT2D eigenvalue weighted by Gasteiger charge is -2.07. The van der Waals surface area contributed by atoms with E-state index < -0.39 is 0 Å². The molecule has 0 unspecified atom stereocenters. The minimum atomic E-state index is -0.327. The Morgan fingerprint density at radius 2 is 1.79 bits per heavy atom. The maximum absolute atomic E-state index is 13.0. The van der Waals surface area contributed by atoms with Gasteiger partial charge in [-0.3, -0.25) is 4.79 Å². The molecule has 0 saturated heterocycles. The van der Waals surface area contributed by atoms with Crippen LogP contribution in [0.5, 0.6) is 0 Å². The average Bonchev–Trinajstić information content (AvgIpc) is 3.07. The molecule has 0 fully saturated rings. The molecule has 0 atom stereocenters. The summed E-state index contributed by atoms with van der Waals surface area (Å²) in [7, 11) is 0. The number of aromatic nitrogens is 2. The van der Waals surface area contributed by atoms with Gasteiger partial charge in [-0.25, -0.2) is 9.37 Å². The number of aryl methyl sites for hydroxylation is 2. The number of halogens is 1. The van der Waals surface area contributed by atoms with Gasteiger partial charge in [0.1, 0.15) is 11.5 Å². The van der Waals surface area contributed by atoms with Crippen molar-refractivity contribution < 1.29 is 9.18 Å². The first kappa shape index (κ1) is 17.9. The Bertz CT molecular complexity index is 1120. The zero-order chi connectivity index (χ0) is 19.5. The Labute approximate surface area is 162 Å². The van der Waals surface area contributed by atoms with Crippen molar-refractivity contribution in [1.82, 2.24) is 9.38 Å². The zero-order valence-electron chi connectivity index (χ0n) is 15.5. The number of fused-ring (bicyclic) bond motifs is 1. The highest BCUT2D eigenvalue weighted by molar-refractivity contribution is 5.90. The summed E-state index contributed by atoms with van der Waals surface area (Å²) < 4.78 is 15.0. The molecule has 140 valence electrons. The number of hydrogen-bond donors (Lipinski definition) is 1. The van der Waals surface area contributed by atoms with Crippen LogP contribution in [0.4, 0.5) is 10.1 Å². The molecule has 0 aliphatic heterocycles. The summed E-state index contributed by atoms with van der Waals surface area (Å²) >= 11 is 0. The third kappa shape index (κ3) is 3.78. The summed E-state index contributed by atoms with van der Waals surface area (Å²) in [4.78, 5) is 17.2. The van der Waals surface area contributed by atoms with E-state index in [2.05, 4.69) is 29.6 Å². The van der Waals surface area contributed by atoms with E-state index >= 15 is 0 Å². The molecule has 0 spiro atoms. The summed E-state index contributed by atoms with van der Waals surface area (Å²) in [6.07, 6.45) is 2.81. The zero-order valence-corrected chi connectivity index (χ0v) is 15.5. The van der Waals surface area contributed by atoms with E-state index in [4.69, 9.17) is 4.98 Å². The fraction of sp³-hybridized carbons (Fsp3) is 0.130. The molecule has 2 heterocycles. The lowest BCUT2D eigenvalue weighted by molar-refractivity contribution is -0.116. The number of benzene rings is 2. The van der Waals surface area contributed by atoms with Gasteiger partial charge in [0, 0.05) is 23.9 Å². The monoisotopic (exact) mass is 373 g/mol. The lowest BCUT2D eigenvalue weighted by atomic mass is 10.1. The van der Waals surface area contributed by atoms with Crippen molar-refractivity contribution in [3.05, 3.63) is 90.0 Å². The summed E-state index contributed by atoms with van der Waals surface area (Å²) in [6, 6.07) is 19.9. The number of nitrogens with one attached hydrogen (secondary N) is 1. The number of rotatable bonds is 5. The number of pyridine rings is 1. The summed E-state index contributed by atoms with van der Waals surface area (Å²) in [5, 5.41) is 2.81. The first-order chi connectivity index (χ1) is 13.6. The van der Waals surface area contributed by atoms with Gasteiger partial charge in [-0.2, -0.15) is 0 Å². The van der Waals surface area contributed by atoms with Crippen LogP contribution in [0.25, 0.3) is 16.9 Å². The van der Waals surface area contributed by atoms with Gasteiger partial charge in [-0.1, -0.05) is 35.9 Å². The van der Waals surface area contributed by atoms with Gasteiger partial charge in [0.25, 0.3) is 0 Å². The van der Waals surface area contributed by atoms with Crippen LogP contribution >= 0.6 is 0 Å². The Morgan fingerprint density at radius 3 is 2.54 bits per heavy atom. The van der Waals surface area contributed by atoms with Gasteiger partial charge in [0.05, 0.1) is 11.4 Å². The van der Waals surface area contributed by atoms with E-state index in [1.807, 2.05) is 35.7 Å². The maximum Gasteiger partial charge on any atom is 0.224 e. The second kappa shape index (κ2) is 7.64. The van der Waals surface area contributed by atoms with E-state index in [9.17, 15) is 9.18 Å². The fourth-order valence-corrected chi connectivity index (χ4v) is 3.22. The molecular formula is C23H20FN3O. The molecule has 5 heteroatoms. The van der Waals surface area contributed by atoms with Crippen LogP contribution in [-0.4, -0.2) is 15.3 Å². The van der Waals surface area contributed by atoms with Crippen molar-refractivity contribution >= 4 is 17.2 Å². The van der Waals surface area contributed by atoms with Gasteiger partial charge < -0.3 is 9.72 Å². The SMILES string of the molecule is Cc1ccc(-c2nc3ccccn3c2CCC(=O)Nc2ccc(F)cc2)cc1. The first-order valence-electron chi connectivity index (χ1n) is 9.18. The summed E-state index contributed by atoms with van der Waals surface area (Å²) in [5.74, 6) is -0.446. The Balaban J connectivity index is 1.58. The molecule has 4 nitrogen and oxygen atoms in total. The average molecular weight is 373 g/mol. The van der Waals surface area contributed by atoms with Gasteiger partial charge in [0.15, 0.2) is 0 Å². The van der Waals surface area contributed by atoms with Gasteiger partial charge in [-0.15, -0.1) is 0 Å². The maximum atomic E-state index is 13.0. The van der Waals surface area contributed by atoms with Gasteiger partial charge in [0.2, 0.25) is 5.91 Å². The van der Waals surface area contributed by atoms with E-state index in [0.717, 1.165) is 22.6 Å². The molecule has 28 heavy (non-hydrogen) atoms. The molecule has 2 aromatic heterocycles. The van der Waals surface area contributed by atoms with Crippen molar-refractivity contribution in [1.29, 1.82) is 0 Å². The highest BCUT2D eigenvalue weighted by Gasteiger charge is 2.15. The number of amides is 1. The van der Waals surface area contributed by atoms with Crippen LogP contribution < -0.4 is 5.32 Å². The lowest BCUT2D eigenvalue weighted by Crippen LogP contribution is -2.13. The highest BCUT2D eigenvalue weighted by atomic mass is 19.1. The molecule has 4 aromatic rings. The molecule has 1 amide bonds. The molecule has 0 saturated carbocycles. The molecule has 1 N–H and O–H groups in total. The van der Waals surface area contributed by atoms with Crippen LogP contribution in [-0.2, 0) is 11.2 Å². The summed E-state index contributed by atoms with van der Waals surface area (Å²) in [5.41, 5.74) is 5.54. The van der Waals surface area contributed by atoms with Gasteiger partial charge >= 0.3 is 0 Å². The smallest absolute Gasteiger partial charge is 0.224 e. The fourth-order valence-electron chi connectivity index (χ4n) is 3.22. The standard InChI is InChI=1S/C23H20FN3O/c1-16-5-7-17(8-6-16)23-20(27-15-3-2-4-21(27)26-23)13-14-22(28)25-19-11-9-18(24)10-12-19/h2-12,15H,13-14H2,1H3,(H,25,28). The second-order valence-electron chi connectivity index (χ2n) is 6.76. The highest BCUT2D eigenvalue weighted by Crippen LogP contribution is 2.26. The number of carbonyl (C=O) groups excluding carboxylic acids is 1.